The van der Waals surface area contributed by atoms with E-state index in [0.29, 0.717) is 0 Å². The highest BCUT2D eigenvalue weighted by Crippen LogP contribution is 2.68. The molecule has 1 N–H and O–H groups in total. The molecule has 0 amide bonds. The predicted molar refractivity (Wildman–Crippen MR) is 93.5 cm³/mol. The molecule has 0 aromatic heterocycles. The second-order valence-electron chi connectivity index (χ2n) is 2.20. The molecule has 10 heteroatoms. The number of alkyl halides is 9. The molecular formula is C4HBr9O. The van der Waals surface area contributed by atoms with Gasteiger partial charge < -0.3 is 5.11 Å². The van der Waals surface area contributed by atoms with Gasteiger partial charge >= 0.3 is 0 Å². The molecule has 0 saturated heterocycles. The molecule has 1 nitrogen and oxygen atoms in total. The van der Waals surface area contributed by atoms with Crippen LogP contribution in [-0.4, -0.2) is 17.1 Å². The van der Waals surface area contributed by atoms with Crippen LogP contribution in [0.15, 0.2) is 0 Å². The summed E-state index contributed by atoms with van der Waals surface area (Å²) in [5.41, 5.74) is 0. The standard InChI is InChI=1S/C4HBr9O/c5-1(2(6,7)8,3(9,10)11)4(12,13)14/h14H. The first-order valence-electron chi connectivity index (χ1n) is 2.67. The van der Waals surface area contributed by atoms with Gasteiger partial charge in [0, 0.05) is 0 Å². The SMILES string of the molecule is OC(Br)(Br)C(Br)(C(Br)(Br)Br)C(Br)(Br)Br. The average molecular weight is 784 g/mol. The van der Waals surface area contributed by atoms with Gasteiger partial charge in [0.1, 0.15) is 4.32 Å². The van der Waals surface area contributed by atoms with E-state index in [1.165, 1.54) is 0 Å². The molecule has 0 aliphatic rings. The van der Waals surface area contributed by atoms with Crippen molar-refractivity contribution in [2.75, 3.05) is 0 Å². The average Bonchev–Trinajstić information content (AvgIpc) is 1.77. The minimum atomic E-state index is -1.42. The molecule has 0 aromatic carbocycles. The van der Waals surface area contributed by atoms with Gasteiger partial charge in [-0.05, 0) is 31.9 Å². The van der Waals surface area contributed by atoms with Crippen LogP contribution in [0.1, 0.15) is 0 Å². The van der Waals surface area contributed by atoms with Gasteiger partial charge in [0.2, 0.25) is 0 Å². The first kappa shape index (κ1) is 18.3. The second-order valence-corrected chi connectivity index (χ2v) is 20.3. The van der Waals surface area contributed by atoms with E-state index < -0.39 is 12.0 Å². The Hall–Kier alpha value is 4.28. The normalized spacial score (nSPS) is 15.9. The fourth-order valence-electron chi connectivity index (χ4n) is 0.502. The Balaban J connectivity index is 5.54. The monoisotopic (exact) mass is 775 g/mol. The molecule has 86 valence electrons. The van der Waals surface area contributed by atoms with Crippen LogP contribution >= 0.6 is 143 Å². The zero-order chi connectivity index (χ0) is 12.0. The van der Waals surface area contributed by atoms with Crippen molar-refractivity contribution in [2.24, 2.45) is 0 Å². The van der Waals surface area contributed by atoms with Crippen molar-refractivity contribution in [3.63, 3.8) is 0 Å². The maximum Gasteiger partial charge on any atom is 0.196 e. The highest BCUT2D eigenvalue weighted by atomic mass is 80.0. The lowest BCUT2D eigenvalue weighted by Gasteiger charge is -2.46. The van der Waals surface area contributed by atoms with Gasteiger partial charge in [0.25, 0.3) is 0 Å². The fraction of sp³-hybridized carbons (Fsp3) is 1.00. The smallest absolute Gasteiger partial charge is 0.196 e. The van der Waals surface area contributed by atoms with Crippen LogP contribution < -0.4 is 0 Å². The quantitative estimate of drug-likeness (QED) is 0.313. The molecule has 0 spiro atoms. The summed E-state index contributed by atoms with van der Waals surface area (Å²) in [5, 5.41) is 10.0. The molecule has 14 heavy (non-hydrogen) atoms. The summed E-state index contributed by atoms with van der Waals surface area (Å²) in [6.07, 6.45) is 0. The maximum atomic E-state index is 10.0. The summed E-state index contributed by atoms with van der Waals surface area (Å²) in [7, 11) is 0. The summed E-state index contributed by atoms with van der Waals surface area (Å²) < 4.78 is -4.02. The van der Waals surface area contributed by atoms with Crippen LogP contribution in [0.3, 0.4) is 0 Å². The number of aliphatic hydroxyl groups is 1. The predicted octanol–water partition coefficient (Wildman–Crippen LogP) is 6.23. The Morgan fingerprint density at radius 1 is 0.571 bits per heavy atom. The first-order chi connectivity index (χ1) is 5.75. The van der Waals surface area contributed by atoms with E-state index in [-0.39, 0.29) is 0 Å². The van der Waals surface area contributed by atoms with Crippen molar-refractivity contribution in [1.29, 1.82) is 0 Å². The Bertz CT molecular complexity index is 170. The zero-order valence-corrected chi connectivity index (χ0v) is 20.1. The molecule has 0 saturated carbocycles. The number of hydrogen-bond acceptors (Lipinski definition) is 1. The minimum Gasteiger partial charge on any atom is -0.368 e. The van der Waals surface area contributed by atoms with Gasteiger partial charge in [-0.15, -0.1) is 0 Å². The van der Waals surface area contributed by atoms with Crippen molar-refractivity contribution < 1.29 is 5.11 Å². The summed E-state index contributed by atoms with van der Waals surface area (Å²) in [6, 6.07) is 0. The third-order valence-electron chi connectivity index (χ3n) is 1.20. The third kappa shape index (κ3) is 3.88. The number of halogens is 9. The first-order valence-corrected chi connectivity index (χ1v) is 9.81. The van der Waals surface area contributed by atoms with Crippen LogP contribution in [0.5, 0.6) is 0 Å². The van der Waals surface area contributed by atoms with E-state index >= 15 is 0 Å². The lowest BCUT2D eigenvalue weighted by atomic mass is 10.2. The summed E-state index contributed by atoms with van der Waals surface area (Å²) in [6.45, 7) is 0. The van der Waals surface area contributed by atoms with Crippen LogP contribution in [0, 0.1) is 0 Å². The van der Waals surface area contributed by atoms with Crippen molar-refractivity contribution in [3.8, 4) is 0 Å². The van der Waals surface area contributed by atoms with E-state index in [2.05, 4.69) is 143 Å². The van der Waals surface area contributed by atoms with Crippen LogP contribution in [0.25, 0.3) is 0 Å². The van der Waals surface area contributed by atoms with E-state index in [4.69, 9.17) is 0 Å². The second kappa shape index (κ2) is 5.73. The molecule has 0 radical (unpaired) electrons. The largest absolute Gasteiger partial charge is 0.368 e. The molecule has 0 aromatic rings. The molecule has 0 bridgehead atoms. The molecule has 0 unspecified atom stereocenters. The molecule has 0 atom stereocenters. The molecule has 0 heterocycles. The number of rotatable bonds is 1. The van der Waals surface area contributed by atoms with Gasteiger partial charge in [-0.1, -0.05) is 112 Å². The fourth-order valence-corrected chi connectivity index (χ4v) is 10.8. The number of hydrogen-bond donors (Lipinski definition) is 1. The molecule has 0 aliphatic heterocycles. The Labute approximate surface area is 157 Å². The van der Waals surface area contributed by atoms with Crippen LogP contribution in [0.2, 0.25) is 0 Å². The van der Waals surface area contributed by atoms with Gasteiger partial charge in [0.15, 0.2) is 7.71 Å². The van der Waals surface area contributed by atoms with E-state index in [9.17, 15) is 5.11 Å². The van der Waals surface area contributed by atoms with Gasteiger partial charge in [-0.3, -0.25) is 0 Å². The Morgan fingerprint density at radius 2 is 0.786 bits per heavy atom. The highest BCUT2D eigenvalue weighted by Gasteiger charge is 2.67. The minimum absolute atomic E-state index is 0.807. The van der Waals surface area contributed by atoms with E-state index in [1.54, 1.807) is 0 Å². The van der Waals surface area contributed by atoms with Crippen molar-refractivity contribution >= 4 is 143 Å². The molecule has 0 rings (SSSR count). The van der Waals surface area contributed by atoms with E-state index in [1.807, 2.05) is 0 Å². The van der Waals surface area contributed by atoms with Crippen molar-refractivity contribution in [1.82, 2.24) is 0 Å². The Kier molecular flexibility index (Phi) is 7.48. The zero-order valence-electron chi connectivity index (χ0n) is 5.85. The maximum absolute atomic E-state index is 10.0. The van der Waals surface area contributed by atoms with Crippen LogP contribution in [0.4, 0.5) is 0 Å². The van der Waals surface area contributed by atoms with Gasteiger partial charge in [-0.25, -0.2) is 0 Å². The lowest BCUT2D eigenvalue weighted by molar-refractivity contribution is 0.208. The summed E-state index contributed by atoms with van der Waals surface area (Å²) in [5.74, 6) is 0. The highest BCUT2D eigenvalue weighted by molar-refractivity contribution is 9.42. The van der Waals surface area contributed by atoms with Crippen molar-refractivity contribution in [3.05, 3.63) is 0 Å². The third-order valence-corrected chi connectivity index (χ3v) is 12.0. The lowest BCUT2D eigenvalue weighted by Crippen LogP contribution is -2.57. The van der Waals surface area contributed by atoms with Gasteiger partial charge in [0.05, 0.1) is 0 Å². The Morgan fingerprint density at radius 3 is 0.786 bits per heavy atom. The molecular weight excluding hydrogens is 783 g/mol. The summed E-state index contributed by atoms with van der Waals surface area (Å²) in [4.78, 5) is 0. The molecule has 0 fully saturated rings. The van der Waals surface area contributed by atoms with Crippen LogP contribution in [-0.2, 0) is 0 Å². The van der Waals surface area contributed by atoms with E-state index in [0.717, 1.165) is 0 Å². The molecule has 0 aliphatic carbocycles. The topological polar surface area (TPSA) is 20.2 Å². The van der Waals surface area contributed by atoms with Gasteiger partial charge in [-0.2, -0.15) is 0 Å². The van der Waals surface area contributed by atoms with Crippen molar-refractivity contribution in [2.45, 2.75) is 12.0 Å². The summed E-state index contributed by atoms with van der Waals surface area (Å²) >= 11 is 29.8.